The minimum absolute atomic E-state index is 0.0735. The summed E-state index contributed by atoms with van der Waals surface area (Å²) < 4.78 is 14.0. The van der Waals surface area contributed by atoms with E-state index in [-0.39, 0.29) is 28.1 Å². The van der Waals surface area contributed by atoms with Gasteiger partial charge >= 0.3 is 5.97 Å². The molecule has 0 aliphatic rings. The monoisotopic (exact) mass is 419 g/mol. The van der Waals surface area contributed by atoms with Crippen molar-refractivity contribution in [1.82, 2.24) is 15.2 Å². The van der Waals surface area contributed by atoms with Crippen LogP contribution in [0.4, 0.5) is 4.39 Å². The van der Waals surface area contributed by atoms with Crippen LogP contribution in [0.3, 0.4) is 0 Å². The van der Waals surface area contributed by atoms with Crippen molar-refractivity contribution in [3.05, 3.63) is 92.6 Å². The summed E-state index contributed by atoms with van der Waals surface area (Å²) in [7, 11) is 0. The molecule has 3 rings (SSSR count). The van der Waals surface area contributed by atoms with Gasteiger partial charge in [0.2, 0.25) is 0 Å². The summed E-state index contributed by atoms with van der Waals surface area (Å²) in [6, 6.07) is 12.4. The second kappa shape index (κ2) is 8.79. The Hall–Kier alpha value is -4.65. The first-order valence-electron chi connectivity index (χ1n) is 8.78. The van der Waals surface area contributed by atoms with E-state index in [2.05, 4.69) is 15.6 Å². The first-order valence-corrected chi connectivity index (χ1v) is 8.78. The van der Waals surface area contributed by atoms with Crippen molar-refractivity contribution in [3.63, 3.8) is 0 Å². The number of hydrogen-bond acceptors (Lipinski definition) is 6. The molecule has 3 aromatic rings. The van der Waals surface area contributed by atoms with Gasteiger partial charge in [0.1, 0.15) is 17.4 Å². The first-order chi connectivity index (χ1) is 14.8. The molecular formula is C21H14FN5O4. The molecule has 1 aromatic heterocycles. The molecule has 0 fully saturated rings. The Morgan fingerprint density at radius 3 is 2.42 bits per heavy atom. The molecule has 9 nitrogen and oxygen atoms in total. The van der Waals surface area contributed by atoms with Gasteiger partial charge in [0, 0.05) is 5.56 Å². The Kier molecular flexibility index (Phi) is 5.97. The third kappa shape index (κ3) is 4.51. The molecule has 2 N–H and O–H groups in total. The predicted molar refractivity (Wildman–Crippen MR) is 108 cm³/mol. The summed E-state index contributed by atoms with van der Waals surface area (Å²) in [5.74, 6) is -2.36. The number of carbonyl (C=O) groups is 2. The molecule has 1 heterocycles. The smallest absolute Gasteiger partial charge is 0.335 e. The number of amides is 1. The summed E-state index contributed by atoms with van der Waals surface area (Å²) in [5, 5.41) is 26.1. The number of aromatic carboxylic acids is 1. The molecule has 0 saturated carbocycles. The van der Waals surface area contributed by atoms with E-state index in [1.807, 2.05) is 0 Å². The van der Waals surface area contributed by atoms with Gasteiger partial charge in [0.05, 0.1) is 17.5 Å². The number of halogens is 1. The number of benzene rings is 2. The number of hydrogen-bond donors (Lipinski definition) is 2. The van der Waals surface area contributed by atoms with Crippen LogP contribution in [0.1, 0.15) is 37.5 Å². The van der Waals surface area contributed by atoms with E-state index in [0.717, 1.165) is 16.8 Å². The molecule has 31 heavy (non-hydrogen) atoms. The van der Waals surface area contributed by atoms with Crippen molar-refractivity contribution >= 4 is 18.1 Å². The van der Waals surface area contributed by atoms with Crippen LogP contribution in [0.25, 0.3) is 5.69 Å². The number of nitrogens with one attached hydrogen (secondary N) is 1. The first kappa shape index (κ1) is 21.1. The highest BCUT2D eigenvalue weighted by Crippen LogP contribution is 2.11. The summed E-state index contributed by atoms with van der Waals surface area (Å²) in [4.78, 5) is 36.0. The van der Waals surface area contributed by atoms with Crippen LogP contribution in [-0.2, 0) is 0 Å². The van der Waals surface area contributed by atoms with Gasteiger partial charge in [-0.15, -0.1) is 0 Å². The molecule has 0 radical (unpaired) electrons. The van der Waals surface area contributed by atoms with Gasteiger partial charge in [-0.05, 0) is 48.9 Å². The normalized spacial score (nSPS) is 10.6. The van der Waals surface area contributed by atoms with E-state index in [1.54, 1.807) is 6.07 Å². The highest BCUT2D eigenvalue weighted by atomic mass is 19.1. The fraction of sp³-hybridized carbons (Fsp3) is 0.0476. The van der Waals surface area contributed by atoms with Crippen molar-refractivity contribution in [1.29, 1.82) is 5.26 Å². The molecule has 0 atom stereocenters. The largest absolute Gasteiger partial charge is 0.478 e. The summed E-state index contributed by atoms with van der Waals surface area (Å²) >= 11 is 0. The van der Waals surface area contributed by atoms with Gasteiger partial charge < -0.3 is 5.11 Å². The highest BCUT2D eigenvalue weighted by molar-refractivity contribution is 5.95. The number of nitrogens with zero attached hydrogens (tertiary/aromatic N) is 4. The lowest BCUT2D eigenvalue weighted by atomic mass is 10.1. The predicted octanol–water partition coefficient (Wildman–Crippen LogP) is 2.01. The number of carbonyl (C=O) groups excluding carboxylic acids is 1. The van der Waals surface area contributed by atoms with Crippen LogP contribution >= 0.6 is 0 Å². The number of carboxylic acids is 1. The second-order valence-corrected chi connectivity index (χ2v) is 6.28. The average Bonchev–Trinajstić information content (AvgIpc) is 2.75. The lowest BCUT2D eigenvalue weighted by Crippen LogP contribution is -2.31. The molecule has 0 bridgehead atoms. The quantitative estimate of drug-likeness (QED) is 0.479. The van der Waals surface area contributed by atoms with Crippen LogP contribution in [0.2, 0.25) is 0 Å². The molecule has 0 unspecified atom stereocenters. The van der Waals surface area contributed by atoms with Gasteiger partial charge in [0.15, 0.2) is 5.69 Å². The van der Waals surface area contributed by atoms with E-state index in [4.69, 9.17) is 5.11 Å². The van der Waals surface area contributed by atoms with Gasteiger partial charge in [-0.2, -0.15) is 20.1 Å². The number of aromatic nitrogens is 2. The molecule has 10 heteroatoms. The zero-order chi connectivity index (χ0) is 22.5. The molecular weight excluding hydrogens is 405 g/mol. The van der Waals surface area contributed by atoms with E-state index in [1.165, 1.54) is 49.5 Å². The van der Waals surface area contributed by atoms with E-state index >= 15 is 0 Å². The van der Waals surface area contributed by atoms with Crippen LogP contribution in [-0.4, -0.2) is 33.0 Å². The Morgan fingerprint density at radius 2 is 1.84 bits per heavy atom. The number of nitriles is 1. The zero-order valence-electron chi connectivity index (χ0n) is 16.0. The Morgan fingerprint density at radius 1 is 1.19 bits per heavy atom. The van der Waals surface area contributed by atoms with Gasteiger partial charge in [-0.1, -0.05) is 12.1 Å². The molecule has 0 aliphatic carbocycles. The lowest BCUT2D eigenvalue weighted by Gasteiger charge is -2.10. The minimum atomic E-state index is -1.07. The van der Waals surface area contributed by atoms with Crippen molar-refractivity contribution in [3.8, 4) is 11.8 Å². The Bertz CT molecular complexity index is 1290. The molecule has 1 amide bonds. The maximum atomic E-state index is 13.2. The summed E-state index contributed by atoms with van der Waals surface area (Å²) in [5.41, 5.74) is 1.91. The lowest BCUT2D eigenvalue weighted by molar-refractivity contribution is 0.0696. The Labute approximate surface area is 174 Å². The van der Waals surface area contributed by atoms with Crippen LogP contribution in [0, 0.1) is 24.1 Å². The summed E-state index contributed by atoms with van der Waals surface area (Å²) in [6.45, 7) is 1.41. The maximum Gasteiger partial charge on any atom is 0.335 e. The molecule has 0 saturated heterocycles. The van der Waals surface area contributed by atoms with E-state index in [9.17, 15) is 24.0 Å². The van der Waals surface area contributed by atoms with Crippen LogP contribution in [0.15, 0.2) is 58.4 Å². The van der Waals surface area contributed by atoms with Crippen LogP contribution < -0.4 is 11.0 Å². The second-order valence-electron chi connectivity index (χ2n) is 6.28. The molecule has 0 aliphatic heterocycles. The van der Waals surface area contributed by atoms with Gasteiger partial charge in [-0.3, -0.25) is 9.59 Å². The Balaban J connectivity index is 1.90. The molecule has 0 spiro atoms. The van der Waals surface area contributed by atoms with Crippen molar-refractivity contribution in [2.75, 3.05) is 0 Å². The standard InChI is InChI=1S/C21H14FN5O4/c1-12-17(10-23)20(29)27(16-8-6-15(22)7-9-16)26-18(12)19(28)25-24-11-13-2-4-14(5-3-13)21(30)31/h2-9,11H,1H3,(H,25,28)(H,30,31)/b24-11+. The van der Waals surface area contributed by atoms with E-state index in [0.29, 0.717) is 5.56 Å². The number of rotatable bonds is 5. The van der Waals surface area contributed by atoms with Crippen molar-refractivity contribution in [2.45, 2.75) is 6.92 Å². The number of hydrazone groups is 1. The fourth-order valence-electron chi connectivity index (χ4n) is 2.64. The molecule has 2 aromatic carbocycles. The van der Waals surface area contributed by atoms with Gasteiger partial charge in [-0.25, -0.2) is 14.6 Å². The third-order valence-electron chi connectivity index (χ3n) is 4.27. The summed E-state index contributed by atoms with van der Waals surface area (Å²) in [6.07, 6.45) is 1.29. The van der Waals surface area contributed by atoms with E-state index < -0.39 is 23.3 Å². The topological polar surface area (TPSA) is 137 Å². The van der Waals surface area contributed by atoms with Crippen LogP contribution in [0.5, 0.6) is 0 Å². The number of carboxylic acid groups (broad SMARTS) is 1. The zero-order valence-corrected chi connectivity index (χ0v) is 16.0. The van der Waals surface area contributed by atoms with Gasteiger partial charge in [0.25, 0.3) is 11.5 Å². The third-order valence-corrected chi connectivity index (χ3v) is 4.27. The fourth-order valence-corrected chi connectivity index (χ4v) is 2.64. The SMILES string of the molecule is Cc1c(C(=O)N/N=C/c2ccc(C(=O)O)cc2)nn(-c2ccc(F)cc2)c(=O)c1C#N. The highest BCUT2D eigenvalue weighted by Gasteiger charge is 2.20. The van der Waals surface area contributed by atoms with Crippen molar-refractivity contribution in [2.24, 2.45) is 5.10 Å². The minimum Gasteiger partial charge on any atom is -0.478 e. The van der Waals surface area contributed by atoms with Crippen molar-refractivity contribution < 1.29 is 19.1 Å². The average molecular weight is 419 g/mol. The maximum absolute atomic E-state index is 13.2. The molecule has 154 valence electrons.